The Bertz CT molecular complexity index is 637. The zero-order valence-electron chi connectivity index (χ0n) is 15.7. The van der Waals surface area contributed by atoms with E-state index in [0.29, 0.717) is 38.3 Å². The summed E-state index contributed by atoms with van der Waals surface area (Å²) in [5, 5.41) is 4.88. The topological polar surface area (TPSA) is 81.8 Å². The lowest BCUT2D eigenvalue weighted by atomic mass is 10.1. The summed E-state index contributed by atoms with van der Waals surface area (Å²) in [7, 11) is 0. The third-order valence-corrected chi connectivity index (χ3v) is 4.71. The number of imide groups is 1. The molecule has 1 saturated heterocycles. The molecule has 142 valence electrons. The van der Waals surface area contributed by atoms with Gasteiger partial charge in [0.1, 0.15) is 0 Å². The number of carbonyl (C=O) groups is 3. The number of rotatable bonds is 5. The molecule has 1 fully saturated rings. The molecule has 2 rings (SSSR count). The van der Waals surface area contributed by atoms with Crippen LogP contribution in [0.15, 0.2) is 24.3 Å². The van der Waals surface area contributed by atoms with E-state index in [2.05, 4.69) is 17.6 Å². The van der Waals surface area contributed by atoms with Gasteiger partial charge in [0.25, 0.3) is 5.91 Å². The van der Waals surface area contributed by atoms with Gasteiger partial charge in [-0.1, -0.05) is 19.1 Å². The summed E-state index contributed by atoms with van der Waals surface area (Å²) in [6, 6.07) is 6.81. The van der Waals surface area contributed by atoms with Crippen LogP contribution < -0.4 is 10.6 Å². The van der Waals surface area contributed by atoms with Gasteiger partial charge >= 0.3 is 6.03 Å². The Morgan fingerprint density at radius 3 is 2.19 bits per heavy atom. The number of piperazine rings is 1. The second-order valence-electron chi connectivity index (χ2n) is 6.40. The molecule has 1 heterocycles. The van der Waals surface area contributed by atoms with Gasteiger partial charge in [0.2, 0.25) is 5.91 Å². The highest BCUT2D eigenvalue weighted by molar-refractivity contribution is 5.97. The monoisotopic (exact) mass is 360 g/mol. The maximum absolute atomic E-state index is 12.6. The van der Waals surface area contributed by atoms with Gasteiger partial charge in [-0.05, 0) is 38.0 Å². The van der Waals surface area contributed by atoms with Crippen molar-refractivity contribution in [2.75, 3.05) is 32.7 Å². The van der Waals surface area contributed by atoms with Crippen LogP contribution in [0.2, 0.25) is 0 Å². The van der Waals surface area contributed by atoms with E-state index in [9.17, 15) is 14.4 Å². The second-order valence-corrected chi connectivity index (χ2v) is 6.40. The lowest BCUT2D eigenvalue weighted by Crippen LogP contribution is -2.56. The van der Waals surface area contributed by atoms with Crippen LogP contribution in [0.4, 0.5) is 4.79 Å². The average molecular weight is 360 g/mol. The van der Waals surface area contributed by atoms with E-state index < -0.39 is 12.1 Å². The Balaban J connectivity index is 1.86. The number of benzene rings is 1. The van der Waals surface area contributed by atoms with E-state index in [1.54, 1.807) is 13.8 Å². The third kappa shape index (κ3) is 5.05. The summed E-state index contributed by atoms with van der Waals surface area (Å²) in [4.78, 5) is 40.0. The number of urea groups is 1. The van der Waals surface area contributed by atoms with Crippen molar-refractivity contribution < 1.29 is 14.4 Å². The molecule has 26 heavy (non-hydrogen) atoms. The fraction of sp³-hybridized carbons (Fsp3) is 0.526. The normalized spacial score (nSPS) is 16.0. The first kappa shape index (κ1) is 19.9. The summed E-state index contributed by atoms with van der Waals surface area (Å²) in [6.07, 6.45) is 0.948. The lowest BCUT2D eigenvalue weighted by Gasteiger charge is -2.37. The van der Waals surface area contributed by atoms with E-state index in [-0.39, 0.29) is 11.8 Å². The molecule has 0 aliphatic carbocycles. The first-order valence-corrected chi connectivity index (χ1v) is 9.17. The molecule has 0 aromatic heterocycles. The number of hydrogen-bond donors (Lipinski definition) is 2. The summed E-state index contributed by atoms with van der Waals surface area (Å²) in [5.41, 5.74) is 1.90. The minimum atomic E-state index is -0.478. The Morgan fingerprint density at radius 2 is 1.65 bits per heavy atom. The first-order valence-electron chi connectivity index (χ1n) is 9.17. The van der Waals surface area contributed by atoms with Crippen molar-refractivity contribution in [1.29, 1.82) is 0 Å². The summed E-state index contributed by atoms with van der Waals surface area (Å²) < 4.78 is 0. The molecule has 1 unspecified atom stereocenters. The molecule has 1 atom stereocenters. The zero-order valence-corrected chi connectivity index (χ0v) is 15.7. The number of nitrogens with one attached hydrogen (secondary N) is 2. The van der Waals surface area contributed by atoms with Gasteiger partial charge in [0, 0.05) is 38.3 Å². The molecule has 2 N–H and O–H groups in total. The molecule has 0 saturated carbocycles. The molecule has 0 radical (unpaired) electrons. The molecule has 0 bridgehead atoms. The highest BCUT2D eigenvalue weighted by Crippen LogP contribution is 2.12. The van der Waals surface area contributed by atoms with Crippen molar-refractivity contribution >= 4 is 17.8 Å². The van der Waals surface area contributed by atoms with Gasteiger partial charge in [-0.25, -0.2) is 4.79 Å². The Kier molecular flexibility index (Phi) is 7.15. The number of amides is 4. The van der Waals surface area contributed by atoms with Crippen LogP contribution in [-0.2, 0) is 11.2 Å². The number of carbonyl (C=O) groups excluding carboxylic acids is 3. The maximum Gasteiger partial charge on any atom is 0.321 e. The van der Waals surface area contributed by atoms with Crippen LogP contribution in [-0.4, -0.2) is 66.4 Å². The fourth-order valence-electron chi connectivity index (χ4n) is 2.96. The van der Waals surface area contributed by atoms with E-state index in [4.69, 9.17) is 0 Å². The molecule has 1 aromatic rings. The molecule has 1 aliphatic rings. The van der Waals surface area contributed by atoms with Crippen molar-refractivity contribution in [2.45, 2.75) is 33.2 Å². The maximum atomic E-state index is 12.6. The van der Waals surface area contributed by atoms with Gasteiger partial charge in [-0.15, -0.1) is 0 Å². The van der Waals surface area contributed by atoms with Crippen molar-refractivity contribution in [3.8, 4) is 0 Å². The summed E-state index contributed by atoms with van der Waals surface area (Å²) in [6.45, 7) is 8.44. The Hall–Kier alpha value is -2.41. The van der Waals surface area contributed by atoms with Crippen molar-refractivity contribution in [3.63, 3.8) is 0 Å². The zero-order chi connectivity index (χ0) is 19.1. The van der Waals surface area contributed by atoms with Crippen LogP contribution in [0.5, 0.6) is 0 Å². The van der Waals surface area contributed by atoms with Crippen molar-refractivity contribution in [3.05, 3.63) is 35.4 Å². The molecule has 0 spiro atoms. The van der Waals surface area contributed by atoms with Crippen LogP contribution in [0.1, 0.15) is 36.7 Å². The second kappa shape index (κ2) is 9.33. The Labute approximate surface area is 154 Å². The van der Waals surface area contributed by atoms with Crippen LogP contribution in [0, 0.1) is 0 Å². The van der Waals surface area contributed by atoms with Gasteiger partial charge < -0.3 is 10.2 Å². The minimum Gasteiger partial charge on any atom is -0.338 e. The van der Waals surface area contributed by atoms with E-state index >= 15 is 0 Å². The predicted molar refractivity (Wildman–Crippen MR) is 100.0 cm³/mol. The molecular weight excluding hydrogens is 332 g/mol. The largest absolute Gasteiger partial charge is 0.338 e. The molecule has 4 amide bonds. The van der Waals surface area contributed by atoms with Crippen molar-refractivity contribution in [1.82, 2.24) is 20.4 Å². The van der Waals surface area contributed by atoms with Gasteiger partial charge in [0.05, 0.1) is 6.04 Å². The summed E-state index contributed by atoms with van der Waals surface area (Å²) in [5.74, 6) is -0.308. The van der Waals surface area contributed by atoms with E-state index in [1.807, 2.05) is 34.1 Å². The molecular formula is C19H28N4O3. The average Bonchev–Trinajstić information content (AvgIpc) is 2.67. The Morgan fingerprint density at radius 1 is 1.04 bits per heavy atom. The fourth-order valence-corrected chi connectivity index (χ4v) is 2.96. The highest BCUT2D eigenvalue weighted by Gasteiger charge is 2.28. The lowest BCUT2D eigenvalue weighted by molar-refractivity contribution is -0.125. The summed E-state index contributed by atoms with van der Waals surface area (Å²) >= 11 is 0. The standard InChI is InChI=1S/C19H28N4O3/c1-4-15-6-8-16(9-7-15)18(25)23-12-10-22(11-13-23)14(3)17(24)21-19(26)20-5-2/h6-9,14H,4-5,10-13H2,1-3H3,(H2,20,21,24,26). The quantitative estimate of drug-likeness (QED) is 0.828. The molecule has 7 heteroatoms. The molecule has 7 nitrogen and oxygen atoms in total. The van der Waals surface area contributed by atoms with Crippen LogP contribution in [0.3, 0.4) is 0 Å². The predicted octanol–water partition coefficient (Wildman–Crippen LogP) is 1.24. The molecule has 1 aliphatic heterocycles. The van der Waals surface area contributed by atoms with Gasteiger partial charge in [0.15, 0.2) is 0 Å². The smallest absolute Gasteiger partial charge is 0.321 e. The van der Waals surface area contributed by atoms with Crippen LogP contribution in [0.25, 0.3) is 0 Å². The third-order valence-electron chi connectivity index (χ3n) is 4.71. The van der Waals surface area contributed by atoms with E-state index in [1.165, 1.54) is 5.56 Å². The van der Waals surface area contributed by atoms with E-state index in [0.717, 1.165) is 6.42 Å². The number of aryl methyl sites for hydroxylation is 1. The highest BCUT2D eigenvalue weighted by atomic mass is 16.2. The minimum absolute atomic E-state index is 0.0201. The van der Waals surface area contributed by atoms with Gasteiger partial charge in [-0.2, -0.15) is 0 Å². The van der Waals surface area contributed by atoms with Crippen molar-refractivity contribution in [2.24, 2.45) is 0 Å². The molecule has 1 aromatic carbocycles. The number of hydrogen-bond acceptors (Lipinski definition) is 4. The first-order chi connectivity index (χ1) is 12.5. The SMILES string of the molecule is CCNC(=O)NC(=O)C(C)N1CCN(C(=O)c2ccc(CC)cc2)CC1. The number of nitrogens with zero attached hydrogens (tertiary/aromatic N) is 2. The van der Waals surface area contributed by atoms with Gasteiger partial charge in [-0.3, -0.25) is 19.8 Å². The van der Waals surface area contributed by atoms with Crippen LogP contribution >= 0.6 is 0 Å².